The molecule has 1 fully saturated rings. The topological polar surface area (TPSA) is 40.5 Å². The Morgan fingerprint density at radius 3 is 2.59 bits per heavy atom. The third kappa shape index (κ3) is 2.33. The molecule has 0 aliphatic heterocycles. The van der Waals surface area contributed by atoms with Gasteiger partial charge >= 0.3 is 0 Å². The summed E-state index contributed by atoms with van der Waals surface area (Å²) in [5, 5.41) is 21.3. The second-order valence-corrected chi connectivity index (χ2v) is 7.91. The fourth-order valence-corrected chi connectivity index (χ4v) is 4.62. The zero-order valence-corrected chi connectivity index (χ0v) is 14.1. The van der Waals surface area contributed by atoms with Crippen molar-refractivity contribution in [3.63, 3.8) is 0 Å². The summed E-state index contributed by atoms with van der Waals surface area (Å²) in [6.07, 6.45) is 0.973. The number of benzene rings is 1. The summed E-state index contributed by atoms with van der Waals surface area (Å²) in [5.41, 5.74) is 3.72. The molecule has 5 atom stereocenters. The van der Waals surface area contributed by atoms with Crippen molar-refractivity contribution >= 4 is 0 Å². The maximum absolute atomic E-state index is 10.7. The molecule has 2 nitrogen and oxygen atoms in total. The van der Waals surface area contributed by atoms with E-state index in [-0.39, 0.29) is 5.92 Å². The Kier molecular flexibility index (Phi) is 3.73. The Hall–Kier alpha value is -1.12. The first kappa shape index (κ1) is 15.8. The van der Waals surface area contributed by atoms with Crippen molar-refractivity contribution in [1.82, 2.24) is 0 Å². The smallest absolute Gasteiger partial charge is 0.0831 e. The van der Waals surface area contributed by atoms with E-state index in [9.17, 15) is 10.2 Å². The highest BCUT2D eigenvalue weighted by Gasteiger charge is 2.48. The van der Waals surface area contributed by atoms with Crippen LogP contribution in [0.2, 0.25) is 0 Å². The number of fused-ring (bicyclic) bond motifs is 3. The van der Waals surface area contributed by atoms with Gasteiger partial charge in [0.25, 0.3) is 0 Å². The van der Waals surface area contributed by atoms with Crippen LogP contribution < -0.4 is 0 Å². The minimum atomic E-state index is -0.810. The molecular formula is C20H28O2. The van der Waals surface area contributed by atoms with Crippen LogP contribution in [0.1, 0.15) is 75.2 Å². The van der Waals surface area contributed by atoms with E-state index < -0.39 is 11.7 Å². The van der Waals surface area contributed by atoms with E-state index in [1.54, 1.807) is 0 Å². The minimum Gasteiger partial charge on any atom is -0.388 e. The second-order valence-electron chi connectivity index (χ2n) is 7.91. The SMILES string of the molecule is C=C1C2CC(O)c3cc(C(C)C)ccc3C2[C@@H](C)CC1(C)O. The predicted molar refractivity (Wildman–Crippen MR) is 89.9 cm³/mol. The normalized spacial score (nSPS) is 37.9. The summed E-state index contributed by atoms with van der Waals surface area (Å²) in [7, 11) is 0. The summed E-state index contributed by atoms with van der Waals surface area (Å²) in [6.45, 7) is 12.6. The standard InChI is InChI=1S/C20H28O2/c1-11(2)14-6-7-15-17(8-14)18(21)9-16-13(4)20(5,22)10-12(3)19(15)16/h6-8,11-12,16,18-19,21-22H,4,9-10H2,1-3,5H3/t12-,16?,18?,19?,20?/m0/s1. The van der Waals surface area contributed by atoms with Crippen LogP contribution in [0.4, 0.5) is 0 Å². The van der Waals surface area contributed by atoms with Crippen LogP contribution in [0, 0.1) is 11.8 Å². The van der Waals surface area contributed by atoms with E-state index in [1.165, 1.54) is 11.1 Å². The van der Waals surface area contributed by atoms with E-state index in [0.717, 1.165) is 17.6 Å². The van der Waals surface area contributed by atoms with Gasteiger partial charge in [0.1, 0.15) is 0 Å². The van der Waals surface area contributed by atoms with Crippen molar-refractivity contribution in [2.75, 3.05) is 0 Å². The number of rotatable bonds is 1. The fraction of sp³-hybridized carbons (Fsp3) is 0.600. The molecule has 0 saturated heterocycles. The first-order valence-corrected chi connectivity index (χ1v) is 8.46. The molecule has 2 aliphatic carbocycles. The Balaban J connectivity index is 2.07. The zero-order valence-electron chi connectivity index (χ0n) is 14.1. The summed E-state index contributed by atoms with van der Waals surface area (Å²) in [4.78, 5) is 0. The zero-order chi connectivity index (χ0) is 16.2. The predicted octanol–water partition coefficient (Wildman–Crippen LogP) is 4.29. The second kappa shape index (κ2) is 5.21. The molecule has 0 radical (unpaired) electrons. The molecule has 120 valence electrons. The molecule has 0 spiro atoms. The maximum atomic E-state index is 10.7. The molecule has 0 amide bonds. The molecule has 0 bridgehead atoms. The van der Waals surface area contributed by atoms with Gasteiger partial charge in [-0.25, -0.2) is 0 Å². The van der Waals surface area contributed by atoms with Crippen molar-refractivity contribution in [2.24, 2.45) is 11.8 Å². The largest absolute Gasteiger partial charge is 0.388 e. The van der Waals surface area contributed by atoms with Crippen molar-refractivity contribution in [2.45, 2.75) is 64.1 Å². The molecule has 2 N–H and O–H groups in total. The molecular weight excluding hydrogens is 272 g/mol. The number of hydrogen-bond acceptors (Lipinski definition) is 2. The Morgan fingerprint density at radius 1 is 1.27 bits per heavy atom. The molecule has 2 aliphatic rings. The van der Waals surface area contributed by atoms with Crippen LogP contribution >= 0.6 is 0 Å². The average Bonchev–Trinajstić information content (AvgIpc) is 2.43. The van der Waals surface area contributed by atoms with Gasteiger partial charge < -0.3 is 10.2 Å². The lowest BCUT2D eigenvalue weighted by Crippen LogP contribution is -2.44. The highest BCUT2D eigenvalue weighted by molar-refractivity contribution is 5.43. The Morgan fingerprint density at radius 2 is 1.95 bits per heavy atom. The molecule has 22 heavy (non-hydrogen) atoms. The van der Waals surface area contributed by atoms with E-state index in [4.69, 9.17) is 0 Å². The van der Waals surface area contributed by atoms with Gasteiger partial charge in [0, 0.05) is 0 Å². The molecule has 0 aromatic heterocycles. The molecule has 1 aromatic rings. The molecule has 1 saturated carbocycles. The molecule has 0 heterocycles. The minimum absolute atomic E-state index is 0.172. The third-order valence-corrected chi connectivity index (χ3v) is 5.88. The Bertz CT molecular complexity index is 600. The van der Waals surface area contributed by atoms with Gasteiger partial charge in [-0.2, -0.15) is 0 Å². The van der Waals surface area contributed by atoms with Crippen molar-refractivity contribution in [1.29, 1.82) is 0 Å². The van der Waals surface area contributed by atoms with E-state index in [1.807, 2.05) is 6.92 Å². The van der Waals surface area contributed by atoms with Crippen LogP contribution in [-0.4, -0.2) is 15.8 Å². The van der Waals surface area contributed by atoms with E-state index in [2.05, 4.69) is 45.5 Å². The van der Waals surface area contributed by atoms with Gasteiger partial charge in [0.2, 0.25) is 0 Å². The molecule has 3 rings (SSSR count). The van der Waals surface area contributed by atoms with E-state index >= 15 is 0 Å². The highest BCUT2D eigenvalue weighted by atomic mass is 16.3. The average molecular weight is 300 g/mol. The maximum Gasteiger partial charge on any atom is 0.0831 e. The molecule has 1 aromatic carbocycles. The first-order valence-electron chi connectivity index (χ1n) is 8.46. The number of hydrogen-bond donors (Lipinski definition) is 2. The van der Waals surface area contributed by atoms with Crippen LogP contribution in [0.3, 0.4) is 0 Å². The van der Waals surface area contributed by atoms with Gasteiger partial charge in [-0.3, -0.25) is 0 Å². The fourth-order valence-electron chi connectivity index (χ4n) is 4.62. The number of aliphatic hydroxyl groups is 2. The van der Waals surface area contributed by atoms with Gasteiger partial charge in [-0.05, 0) is 65.7 Å². The van der Waals surface area contributed by atoms with Crippen LogP contribution in [-0.2, 0) is 0 Å². The number of aliphatic hydroxyl groups excluding tert-OH is 1. The summed E-state index contributed by atoms with van der Waals surface area (Å²) in [6, 6.07) is 6.58. The summed E-state index contributed by atoms with van der Waals surface area (Å²) >= 11 is 0. The summed E-state index contributed by atoms with van der Waals surface area (Å²) in [5.74, 6) is 1.40. The third-order valence-electron chi connectivity index (χ3n) is 5.88. The van der Waals surface area contributed by atoms with E-state index in [0.29, 0.717) is 24.2 Å². The quantitative estimate of drug-likeness (QED) is 0.759. The Labute approximate surface area is 133 Å². The van der Waals surface area contributed by atoms with Crippen molar-refractivity contribution in [3.05, 3.63) is 47.0 Å². The monoisotopic (exact) mass is 300 g/mol. The van der Waals surface area contributed by atoms with Gasteiger partial charge in [0.05, 0.1) is 11.7 Å². The highest BCUT2D eigenvalue weighted by Crippen LogP contribution is 2.55. The van der Waals surface area contributed by atoms with Crippen LogP contribution in [0.15, 0.2) is 30.4 Å². The van der Waals surface area contributed by atoms with Crippen molar-refractivity contribution in [3.8, 4) is 0 Å². The molecule has 4 unspecified atom stereocenters. The van der Waals surface area contributed by atoms with Crippen molar-refractivity contribution < 1.29 is 10.2 Å². The van der Waals surface area contributed by atoms with Gasteiger partial charge in [-0.15, -0.1) is 0 Å². The van der Waals surface area contributed by atoms with Gasteiger partial charge in [0.15, 0.2) is 0 Å². The lowest BCUT2D eigenvalue weighted by atomic mass is 9.57. The molecule has 2 heteroatoms. The lowest BCUT2D eigenvalue weighted by Gasteiger charge is -2.49. The van der Waals surface area contributed by atoms with Crippen LogP contribution in [0.25, 0.3) is 0 Å². The van der Waals surface area contributed by atoms with Crippen LogP contribution in [0.5, 0.6) is 0 Å². The summed E-state index contributed by atoms with van der Waals surface area (Å²) < 4.78 is 0. The first-order chi connectivity index (χ1) is 10.2. The van der Waals surface area contributed by atoms with Gasteiger partial charge in [-0.1, -0.05) is 45.5 Å². The lowest BCUT2D eigenvalue weighted by molar-refractivity contribution is 0.00875.